The molecule has 24 heavy (non-hydrogen) atoms. The van der Waals surface area contributed by atoms with Crippen LogP contribution >= 0.6 is 11.3 Å². The van der Waals surface area contributed by atoms with E-state index in [1.165, 1.54) is 17.7 Å². The van der Waals surface area contributed by atoms with E-state index < -0.39 is 6.10 Å². The molecule has 1 saturated carbocycles. The Hall–Kier alpha value is -1.65. The van der Waals surface area contributed by atoms with Gasteiger partial charge >= 0.3 is 0 Å². The second-order valence-corrected chi connectivity index (χ2v) is 7.98. The number of rotatable bonds is 5. The standard InChI is InChI=1S/C20H25NO2S/c1-14-7-3-4-8-16(14)19(23)21-13-20(11-5-6-12-20)18-10-9-17(24-18)15(2)22/h3-4,7-10,15,22H,5-6,11-13H2,1-2H3,(H,21,23). The minimum absolute atomic E-state index is 0.00619. The van der Waals surface area contributed by atoms with Crippen LogP contribution in [0.2, 0.25) is 0 Å². The molecule has 128 valence electrons. The molecule has 0 aliphatic heterocycles. The first-order valence-electron chi connectivity index (χ1n) is 8.64. The van der Waals surface area contributed by atoms with Gasteiger partial charge in [-0.05, 0) is 50.5 Å². The summed E-state index contributed by atoms with van der Waals surface area (Å²) in [7, 11) is 0. The van der Waals surface area contributed by atoms with Crippen LogP contribution in [0.3, 0.4) is 0 Å². The molecule has 2 aromatic rings. The van der Waals surface area contributed by atoms with Crippen LogP contribution in [0, 0.1) is 6.92 Å². The number of nitrogens with one attached hydrogen (secondary N) is 1. The highest BCUT2D eigenvalue weighted by Gasteiger charge is 2.37. The number of benzene rings is 1. The number of carbonyl (C=O) groups excluding carboxylic acids is 1. The Morgan fingerprint density at radius 2 is 1.96 bits per heavy atom. The predicted molar refractivity (Wildman–Crippen MR) is 98.6 cm³/mol. The minimum atomic E-state index is -0.427. The number of amides is 1. The van der Waals surface area contributed by atoms with Gasteiger partial charge in [-0.2, -0.15) is 0 Å². The number of hydrogen-bond donors (Lipinski definition) is 2. The Kier molecular flexibility index (Phi) is 5.07. The zero-order valence-corrected chi connectivity index (χ0v) is 15.2. The molecule has 0 radical (unpaired) electrons. The summed E-state index contributed by atoms with van der Waals surface area (Å²) in [5.74, 6) is 0.00619. The molecule has 1 fully saturated rings. The summed E-state index contributed by atoms with van der Waals surface area (Å²) in [6.07, 6.45) is 4.16. The Balaban J connectivity index is 1.77. The van der Waals surface area contributed by atoms with Crippen molar-refractivity contribution < 1.29 is 9.90 Å². The van der Waals surface area contributed by atoms with Gasteiger partial charge in [-0.3, -0.25) is 4.79 Å². The van der Waals surface area contributed by atoms with Crippen molar-refractivity contribution in [2.45, 2.75) is 51.0 Å². The molecular weight excluding hydrogens is 318 g/mol. The second-order valence-electron chi connectivity index (χ2n) is 6.86. The van der Waals surface area contributed by atoms with Crippen LogP contribution in [0.15, 0.2) is 36.4 Å². The SMILES string of the molecule is Cc1ccccc1C(=O)NCC1(c2ccc(C(C)O)s2)CCCC1. The van der Waals surface area contributed by atoms with Gasteiger partial charge in [0.1, 0.15) is 0 Å². The molecular formula is C20H25NO2S. The van der Waals surface area contributed by atoms with Crippen LogP contribution in [-0.2, 0) is 5.41 Å². The maximum atomic E-state index is 12.6. The lowest BCUT2D eigenvalue weighted by atomic mass is 9.84. The van der Waals surface area contributed by atoms with E-state index in [0.717, 1.165) is 28.8 Å². The van der Waals surface area contributed by atoms with Crippen molar-refractivity contribution >= 4 is 17.2 Å². The molecule has 1 heterocycles. The highest BCUT2D eigenvalue weighted by atomic mass is 32.1. The Morgan fingerprint density at radius 3 is 2.58 bits per heavy atom. The average molecular weight is 343 g/mol. The lowest BCUT2D eigenvalue weighted by Crippen LogP contribution is -2.38. The molecule has 3 rings (SSSR count). The first-order valence-corrected chi connectivity index (χ1v) is 9.46. The van der Waals surface area contributed by atoms with Crippen LogP contribution in [0.1, 0.15) is 64.4 Å². The number of aliphatic hydroxyl groups excluding tert-OH is 1. The van der Waals surface area contributed by atoms with Crippen LogP contribution in [0.5, 0.6) is 0 Å². The summed E-state index contributed by atoms with van der Waals surface area (Å²) in [5, 5.41) is 13.0. The van der Waals surface area contributed by atoms with Crippen molar-refractivity contribution in [1.29, 1.82) is 0 Å². The topological polar surface area (TPSA) is 49.3 Å². The van der Waals surface area contributed by atoms with Gasteiger partial charge in [-0.15, -0.1) is 11.3 Å². The number of aliphatic hydroxyl groups is 1. The molecule has 1 aromatic heterocycles. The lowest BCUT2D eigenvalue weighted by molar-refractivity contribution is 0.0943. The molecule has 4 heteroatoms. The first-order chi connectivity index (χ1) is 11.5. The van der Waals surface area contributed by atoms with E-state index in [1.54, 1.807) is 18.3 Å². The van der Waals surface area contributed by atoms with Crippen LogP contribution in [0.25, 0.3) is 0 Å². The lowest BCUT2D eigenvalue weighted by Gasteiger charge is -2.28. The maximum Gasteiger partial charge on any atom is 0.251 e. The van der Waals surface area contributed by atoms with Crippen molar-refractivity contribution in [2.24, 2.45) is 0 Å². The summed E-state index contributed by atoms with van der Waals surface area (Å²) in [5.41, 5.74) is 1.78. The highest BCUT2D eigenvalue weighted by Crippen LogP contribution is 2.44. The summed E-state index contributed by atoms with van der Waals surface area (Å²) in [6, 6.07) is 11.9. The molecule has 0 spiro atoms. The molecule has 1 aromatic carbocycles. The van der Waals surface area contributed by atoms with Crippen LogP contribution < -0.4 is 5.32 Å². The normalized spacial score (nSPS) is 17.6. The van der Waals surface area contributed by atoms with E-state index in [2.05, 4.69) is 11.4 Å². The molecule has 0 bridgehead atoms. The van der Waals surface area contributed by atoms with E-state index in [4.69, 9.17) is 0 Å². The summed E-state index contributed by atoms with van der Waals surface area (Å²) >= 11 is 1.69. The van der Waals surface area contributed by atoms with E-state index >= 15 is 0 Å². The second kappa shape index (κ2) is 7.08. The molecule has 2 N–H and O–H groups in total. The van der Waals surface area contributed by atoms with Gasteiger partial charge in [0, 0.05) is 27.3 Å². The zero-order valence-electron chi connectivity index (χ0n) is 14.3. The van der Waals surface area contributed by atoms with Crippen molar-refractivity contribution in [3.05, 3.63) is 57.3 Å². The number of hydrogen-bond acceptors (Lipinski definition) is 3. The third kappa shape index (κ3) is 3.40. The monoisotopic (exact) mass is 343 g/mol. The van der Waals surface area contributed by atoms with Crippen molar-refractivity contribution in [1.82, 2.24) is 5.32 Å². The molecule has 1 amide bonds. The number of aryl methyl sites for hydroxylation is 1. The number of carbonyl (C=O) groups is 1. The maximum absolute atomic E-state index is 12.6. The fourth-order valence-electron chi connectivity index (χ4n) is 3.60. The van der Waals surface area contributed by atoms with Gasteiger partial charge in [-0.25, -0.2) is 0 Å². The van der Waals surface area contributed by atoms with Crippen LogP contribution in [0.4, 0.5) is 0 Å². The van der Waals surface area contributed by atoms with E-state index in [0.29, 0.717) is 6.54 Å². The summed E-state index contributed by atoms with van der Waals surface area (Å²) in [4.78, 5) is 14.9. The van der Waals surface area contributed by atoms with Gasteiger partial charge in [0.15, 0.2) is 0 Å². The molecule has 1 atom stereocenters. The van der Waals surface area contributed by atoms with Gasteiger partial charge in [0.25, 0.3) is 5.91 Å². The van der Waals surface area contributed by atoms with E-state index in [1.807, 2.05) is 37.3 Å². The predicted octanol–water partition coefficient (Wildman–Crippen LogP) is 4.35. The largest absolute Gasteiger partial charge is 0.388 e. The van der Waals surface area contributed by atoms with Crippen molar-refractivity contribution in [3.63, 3.8) is 0 Å². The smallest absolute Gasteiger partial charge is 0.251 e. The van der Waals surface area contributed by atoms with Gasteiger partial charge < -0.3 is 10.4 Å². The fourth-order valence-corrected chi connectivity index (χ4v) is 4.79. The van der Waals surface area contributed by atoms with Gasteiger partial charge in [0.05, 0.1) is 6.10 Å². The Bertz CT molecular complexity index is 714. The summed E-state index contributed by atoms with van der Waals surface area (Å²) in [6.45, 7) is 4.44. The molecule has 1 unspecified atom stereocenters. The van der Waals surface area contributed by atoms with Gasteiger partial charge in [-0.1, -0.05) is 31.0 Å². The number of thiophene rings is 1. The quantitative estimate of drug-likeness (QED) is 0.848. The van der Waals surface area contributed by atoms with Gasteiger partial charge in [0.2, 0.25) is 0 Å². The third-order valence-corrected chi connectivity index (χ3v) is 6.60. The summed E-state index contributed by atoms with van der Waals surface area (Å²) < 4.78 is 0. The molecule has 0 saturated heterocycles. The van der Waals surface area contributed by atoms with E-state index in [-0.39, 0.29) is 11.3 Å². The Labute approximate surface area is 147 Å². The average Bonchev–Trinajstić information content (AvgIpc) is 3.23. The molecule has 1 aliphatic carbocycles. The fraction of sp³-hybridized carbons (Fsp3) is 0.450. The zero-order chi connectivity index (χ0) is 17.2. The first kappa shape index (κ1) is 17.2. The third-order valence-electron chi connectivity index (χ3n) is 5.10. The van der Waals surface area contributed by atoms with Crippen LogP contribution in [-0.4, -0.2) is 17.6 Å². The van der Waals surface area contributed by atoms with Crippen molar-refractivity contribution in [2.75, 3.05) is 6.54 Å². The van der Waals surface area contributed by atoms with Crippen molar-refractivity contribution in [3.8, 4) is 0 Å². The minimum Gasteiger partial charge on any atom is -0.388 e. The molecule has 3 nitrogen and oxygen atoms in total. The highest BCUT2D eigenvalue weighted by molar-refractivity contribution is 7.12. The Morgan fingerprint density at radius 1 is 1.25 bits per heavy atom. The van der Waals surface area contributed by atoms with E-state index in [9.17, 15) is 9.90 Å². The molecule has 1 aliphatic rings.